The average molecular weight is 267 g/mol. The van der Waals surface area contributed by atoms with E-state index in [1.165, 1.54) is 10.9 Å². The number of H-pyrrole nitrogens is 1. The topological polar surface area (TPSA) is 66.5 Å². The van der Waals surface area contributed by atoms with E-state index in [-0.39, 0.29) is 0 Å². The normalized spacial score (nSPS) is 11.0. The van der Waals surface area contributed by atoms with E-state index >= 15 is 0 Å². The van der Waals surface area contributed by atoms with Gasteiger partial charge in [0, 0.05) is 24.5 Å². The van der Waals surface area contributed by atoms with Crippen molar-refractivity contribution < 1.29 is 0 Å². The predicted octanol–water partition coefficient (Wildman–Crippen LogP) is 2.08. The molecule has 0 unspecified atom stereocenters. The molecule has 0 aliphatic heterocycles. The van der Waals surface area contributed by atoms with Crippen LogP contribution in [0.3, 0.4) is 0 Å². The lowest BCUT2D eigenvalue weighted by Gasteiger charge is -2.05. The molecule has 2 aromatic heterocycles. The molecule has 5 nitrogen and oxygen atoms in total. The molecule has 0 spiro atoms. The second kappa shape index (κ2) is 6.25. The lowest BCUT2D eigenvalue weighted by atomic mass is 10.1. The number of hydrogen-bond acceptors (Lipinski definition) is 4. The smallest absolute Gasteiger partial charge is 0.137 e. The Morgan fingerprint density at radius 2 is 2.15 bits per heavy atom. The molecule has 0 atom stereocenters. The number of pyridine rings is 1. The molecular formula is C15H17N5. The lowest BCUT2D eigenvalue weighted by molar-refractivity contribution is 0.640. The number of nitrogens with one attached hydrogen (secondary N) is 2. The van der Waals surface area contributed by atoms with E-state index in [1.807, 2.05) is 12.3 Å². The third-order valence-corrected chi connectivity index (χ3v) is 3.23. The van der Waals surface area contributed by atoms with Gasteiger partial charge in [-0.25, -0.2) is 4.98 Å². The van der Waals surface area contributed by atoms with E-state index in [0.29, 0.717) is 0 Å². The summed E-state index contributed by atoms with van der Waals surface area (Å²) in [6, 6.07) is 10.4. The van der Waals surface area contributed by atoms with Crippen LogP contribution in [0.1, 0.15) is 17.8 Å². The number of aromatic nitrogens is 4. The first-order valence-corrected chi connectivity index (χ1v) is 6.80. The van der Waals surface area contributed by atoms with Crippen molar-refractivity contribution in [3.63, 3.8) is 0 Å². The van der Waals surface area contributed by atoms with Crippen LogP contribution in [0, 0.1) is 0 Å². The van der Waals surface area contributed by atoms with Crippen LogP contribution in [0.5, 0.6) is 0 Å². The Kier molecular flexibility index (Phi) is 3.99. The molecule has 2 heterocycles. The first-order valence-electron chi connectivity index (χ1n) is 6.80. The number of hydrogen-bond donors (Lipinski definition) is 2. The lowest BCUT2D eigenvalue weighted by Crippen LogP contribution is -2.15. The summed E-state index contributed by atoms with van der Waals surface area (Å²) in [5, 5.41) is 11.3. The number of aromatic amines is 1. The van der Waals surface area contributed by atoms with Gasteiger partial charge in [0.15, 0.2) is 0 Å². The Bertz CT molecular complexity index is 663. The molecule has 0 aliphatic carbocycles. The van der Waals surface area contributed by atoms with Crippen molar-refractivity contribution in [2.24, 2.45) is 0 Å². The van der Waals surface area contributed by atoms with E-state index in [0.717, 1.165) is 37.3 Å². The summed E-state index contributed by atoms with van der Waals surface area (Å²) >= 11 is 0. The van der Waals surface area contributed by atoms with E-state index in [9.17, 15) is 0 Å². The first-order chi connectivity index (χ1) is 9.92. The van der Waals surface area contributed by atoms with Gasteiger partial charge < -0.3 is 5.32 Å². The quantitative estimate of drug-likeness (QED) is 0.671. The number of nitrogens with zero attached hydrogens (tertiary/aromatic N) is 3. The maximum Gasteiger partial charge on any atom is 0.137 e. The maximum atomic E-state index is 4.32. The van der Waals surface area contributed by atoms with Gasteiger partial charge in [-0.2, -0.15) is 5.10 Å². The zero-order valence-electron chi connectivity index (χ0n) is 11.2. The van der Waals surface area contributed by atoms with Crippen molar-refractivity contribution in [2.45, 2.75) is 19.4 Å². The third-order valence-electron chi connectivity index (χ3n) is 3.23. The van der Waals surface area contributed by atoms with Gasteiger partial charge in [-0.15, -0.1) is 0 Å². The Morgan fingerprint density at radius 3 is 3.05 bits per heavy atom. The van der Waals surface area contributed by atoms with Crippen LogP contribution in [0.15, 0.2) is 42.9 Å². The van der Waals surface area contributed by atoms with Gasteiger partial charge in [-0.3, -0.25) is 10.1 Å². The van der Waals surface area contributed by atoms with Crippen molar-refractivity contribution >= 4 is 10.9 Å². The largest absolute Gasteiger partial charge is 0.313 e. The van der Waals surface area contributed by atoms with Crippen LogP contribution >= 0.6 is 0 Å². The van der Waals surface area contributed by atoms with Gasteiger partial charge >= 0.3 is 0 Å². The van der Waals surface area contributed by atoms with Gasteiger partial charge in [0.2, 0.25) is 0 Å². The SMILES string of the molecule is c1cnc2ccc(CNCCCc3ncn[nH]3)cc2c1. The van der Waals surface area contributed by atoms with Crippen LogP contribution in [-0.4, -0.2) is 26.7 Å². The monoisotopic (exact) mass is 267 g/mol. The average Bonchev–Trinajstić information content (AvgIpc) is 3.00. The highest BCUT2D eigenvalue weighted by Crippen LogP contribution is 2.13. The molecule has 5 heteroatoms. The summed E-state index contributed by atoms with van der Waals surface area (Å²) < 4.78 is 0. The van der Waals surface area contributed by atoms with Crippen LogP contribution in [0.4, 0.5) is 0 Å². The minimum atomic E-state index is 0.876. The van der Waals surface area contributed by atoms with Gasteiger partial charge in [-0.05, 0) is 36.7 Å². The Hall–Kier alpha value is -2.27. The summed E-state index contributed by atoms with van der Waals surface area (Å²) in [7, 11) is 0. The van der Waals surface area contributed by atoms with Crippen molar-refractivity contribution in [1.82, 2.24) is 25.5 Å². The summed E-state index contributed by atoms with van der Waals surface area (Å²) in [6.45, 7) is 1.84. The molecule has 0 saturated carbocycles. The highest BCUT2D eigenvalue weighted by Gasteiger charge is 1.98. The van der Waals surface area contributed by atoms with E-state index in [1.54, 1.807) is 6.33 Å². The van der Waals surface area contributed by atoms with Crippen LogP contribution in [0.25, 0.3) is 10.9 Å². The van der Waals surface area contributed by atoms with Crippen LogP contribution in [-0.2, 0) is 13.0 Å². The molecule has 3 rings (SSSR count). The van der Waals surface area contributed by atoms with Gasteiger partial charge in [0.25, 0.3) is 0 Å². The minimum absolute atomic E-state index is 0.876. The molecule has 0 saturated heterocycles. The zero-order chi connectivity index (χ0) is 13.6. The van der Waals surface area contributed by atoms with E-state index in [4.69, 9.17) is 0 Å². The van der Waals surface area contributed by atoms with E-state index in [2.05, 4.69) is 49.7 Å². The van der Waals surface area contributed by atoms with Gasteiger partial charge in [0.05, 0.1) is 5.52 Å². The number of rotatable bonds is 6. The second-order valence-corrected chi connectivity index (χ2v) is 4.74. The maximum absolute atomic E-state index is 4.32. The summed E-state index contributed by atoms with van der Waals surface area (Å²) in [6.07, 6.45) is 5.34. The fraction of sp³-hybridized carbons (Fsp3) is 0.267. The van der Waals surface area contributed by atoms with Crippen molar-refractivity contribution in [3.8, 4) is 0 Å². The highest BCUT2D eigenvalue weighted by atomic mass is 15.2. The molecular weight excluding hydrogens is 250 g/mol. The second-order valence-electron chi connectivity index (χ2n) is 4.74. The molecule has 0 fully saturated rings. The van der Waals surface area contributed by atoms with Crippen LogP contribution in [0.2, 0.25) is 0 Å². The molecule has 0 radical (unpaired) electrons. The summed E-state index contributed by atoms with van der Waals surface area (Å²) in [5.74, 6) is 0.948. The molecule has 2 N–H and O–H groups in total. The summed E-state index contributed by atoms with van der Waals surface area (Å²) in [4.78, 5) is 8.43. The number of fused-ring (bicyclic) bond motifs is 1. The summed E-state index contributed by atoms with van der Waals surface area (Å²) in [5.41, 5.74) is 2.33. The Balaban J connectivity index is 1.47. The molecule has 20 heavy (non-hydrogen) atoms. The molecule has 102 valence electrons. The van der Waals surface area contributed by atoms with Crippen molar-refractivity contribution in [2.75, 3.05) is 6.54 Å². The van der Waals surface area contributed by atoms with Crippen molar-refractivity contribution in [3.05, 3.63) is 54.2 Å². The molecule has 0 bridgehead atoms. The van der Waals surface area contributed by atoms with Crippen molar-refractivity contribution in [1.29, 1.82) is 0 Å². The Morgan fingerprint density at radius 1 is 1.15 bits per heavy atom. The fourth-order valence-corrected chi connectivity index (χ4v) is 2.20. The molecule has 0 amide bonds. The highest BCUT2D eigenvalue weighted by molar-refractivity contribution is 5.78. The van der Waals surface area contributed by atoms with E-state index < -0.39 is 0 Å². The third kappa shape index (κ3) is 3.19. The Labute approximate surface area is 117 Å². The number of benzene rings is 1. The molecule has 0 aliphatic rings. The predicted molar refractivity (Wildman–Crippen MR) is 78.2 cm³/mol. The fourth-order valence-electron chi connectivity index (χ4n) is 2.20. The van der Waals surface area contributed by atoms with Gasteiger partial charge in [-0.1, -0.05) is 12.1 Å². The standard InChI is InChI=1S/C15H17N5/c1-3-13-9-12(5-6-14(13)17-8-1)10-16-7-2-4-15-18-11-19-20-15/h1,3,5-6,8-9,11,16H,2,4,7,10H2,(H,18,19,20). The minimum Gasteiger partial charge on any atom is -0.313 e. The molecule has 3 aromatic rings. The first kappa shape index (κ1) is 12.7. The zero-order valence-corrected chi connectivity index (χ0v) is 11.2. The van der Waals surface area contributed by atoms with Crippen LogP contribution < -0.4 is 5.32 Å². The molecule has 1 aromatic carbocycles. The van der Waals surface area contributed by atoms with Gasteiger partial charge in [0.1, 0.15) is 12.2 Å². The number of aryl methyl sites for hydroxylation is 1.